The molecule has 3 fully saturated rings. The number of ether oxygens (including phenoxy) is 9. The highest BCUT2D eigenvalue weighted by molar-refractivity contribution is 5.62. The third-order valence-corrected chi connectivity index (χ3v) is 6.33. The van der Waals surface area contributed by atoms with Gasteiger partial charge in [0.15, 0.2) is 6.10 Å². The van der Waals surface area contributed by atoms with E-state index in [4.69, 9.17) is 42.6 Å². The Morgan fingerprint density at radius 1 is 0.789 bits per heavy atom. The van der Waals surface area contributed by atoms with E-state index in [9.17, 15) is 19.5 Å². The standard InChI is InChI=1S/C25H40O13/c1-24(2,35-15-20-14-33-23(29)38-20)7-17(26)11-30-9-16(5-6-18-12-31-21(27)36-18)10-34-25(3,4)8-19-13-32-22(28)37-19/h16-20,26H,5-15H2,1-4H3. The van der Waals surface area contributed by atoms with Crippen LogP contribution in [-0.4, -0.2) is 105 Å². The largest absolute Gasteiger partial charge is 0.508 e. The van der Waals surface area contributed by atoms with Crippen molar-refractivity contribution < 1.29 is 62.1 Å². The summed E-state index contributed by atoms with van der Waals surface area (Å²) in [5.41, 5.74) is -1.26. The van der Waals surface area contributed by atoms with Crippen molar-refractivity contribution in [3.63, 3.8) is 0 Å². The summed E-state index contributed by atoms with van der Waals surface area (Å²) in [6, 6.07) is 0. The molecule has 13 heteroatoms. The highest BCUT2D eigenvalue weighted by atomic mass is 16.8. The van der Waals surface area contributed by atoms with Gasteiger partial charge < -0.3 is 47.7 Å². The zero-order chi connectivity index (χ0) is 27.8. The Kier molecular flexibility index (Phi) is 10.8. The van der Waals surface area contributed by atoms with Crippen molar-refractivity contribution in [3.05, 3.63) is 0 Å². The predicted molar refractivity (Wildman–Crippen MR) is 128 cm³/mol. The number of aliphatic hydroxyl groups is 1. The molecule has 0 aromatic carbocycles. The van der Waals surface area contributed by atoms with E-state index >= 15 is 0 Å². The minimum absolute atomic E-state index is 0.0514. The van der Waals surface area contributed by atoms with Gasteiger partial charge in [0.25, 0.3) is 0 Å². The molecular weight excluding hydrogens is 508 g/mol. The van der Waals surface area contributed by atoms with Gasteiger partial charge >= 0.3 is 18.5 Å². The summed E-state index contributed by atoms with van der Waals surface area (Å²) in [5, 5.41) is 10.5. The fraction of sp³-hybridized carbons (Fsp3) is 0.880. The molecule has 13 nitrogen and oxygen atoms in total. The van der Waals surface area contributed by atoms with E-state index in [1.807, 2.05) is 27.7 Å². The van der Waals surface area contributed by atoms with Gasteiger partial charge in [-0.25, -0.2) is 14.4 Å². The van der Waals surface area contributed by atoms with Gasteiger partial charge in [-0.2, -0.15) is 0 Å². The van der Waals surface area contributed by atoms with Crippen LogP contribution in [0.2, 0.25) is 0 Å². The molecular formula is C25H40O13. The molecule has 1 N–H and O–H groups in total. The monoisotopic (exact) mass is 548 g/mol. The van der Waals surface area contributed by atoms with Gasteiger partial charge in [0.2, 0.25) is 0 Å². The molecule has 5 atom stereocenters. The van der Waals surface area contributed by atoms with Crippen molar-refractivity contribution in [2.45, 2.75) is 89.0 Å². The Labute approximate surface area is 222 Å². The number of aliphatic hydroxyl groups excluding tert-OH is 1. The molecule has 38 heavy (non-hydrogen) atoms. The average Bonchev–Trinajstić information content (AvgIpc) is 3.55. The van der Waals surface area contributed by atoms with E-state index in [0.717, 1.165) is 0 Å². The quantitative estimate of drug-likeness (QED) is 0.209. The molecule has 3 aliphatic heterocycles. The Morgan fingerprint density at radius 3 is 1.95 bits per heavy atom. The zero-order valence-corrected chi connectivity index (χ0v) is 22.5. The maximum Gasteiger partial charge on any atom is 0.508 e. The molecule has 0 amide bonds. The first-order valence-corrected chi connectivity index (χ1v) is 12.9. The number of hydrogen-bond donors (Lipinski definition) is 1. The van der Waals surface area contributed by atoms with E-state index in [1.165, 1.54) is 0 Å². The Bertz CT molecular complexity index is 798. The highest BCUT2D eigenvalue weighted by Gasteiger charge is 2.34. The van der Waals surface area contributed by atoms with Crippen molar-refractivity contribution in [2.24, 2.45) is 5.92 Å². The van der Waals surface area contributed by atoms with Crippen molar-refractivity contribution in [1.29, 1.82) is 0 Å². The number of carbonyl (C=O) groups is 3. The molecule has 3 rings (SSSR count). The summed E-state index contributed by atoms with van der Waals surface area (Å²) in [6.45, 7) is 8.97. The second-order valence-electron chi connectivity index (χ2n) is 11.1. The Morgan fingerprint density at radius 2 is 1.37 bits per heavy atom. The smallest absolute Gasteiger partial charge is 0.430 e. The molecule has 0 spiro atoms. The summed E-state index contributed by atoms with van der Waals surface area (Å²) >= 11 is 0. The van der Waals surface area contributed by atoms with Crippen LogP contribution in [0.5, 0.6) is 0 Å². The van der Waals surface area contributed by atoms with Crippen molar-refractivity contribution in [3.8, 4) is 0 Å². The highest BCUT2D eigenvalue weighted by Crippen LogP contribution is 2.25. The predicted octanol–water partition coefficient (Wildman–Crippen LogP) is 2.74. The lowest BCUT2D eigenvalue weighted by Gasteiger charge is -2.30. The van der Waals surface area contributed by atoms with E-state index < -0.39 is 41.9 Å². The van der Waals surface area contributed by atoms with Crippen LogP contribution in [0.15, 0.2) is 0 Å². The minimum atomic E-state index is -0.786. The van der Waals surface area contributed by atoms with Crippen molar-refractivity contribution in [2.75, 3.05) is 46.2 Å². The third-order valence-electron chi connectivity index (χ3n) is 6.33. The van der Waals surface area contributed by atoms with Gasteiger partial charge in [0.05, 0.1) is 43.7 Å². The first kappa shape index (κ1) is 30.2. The molecule has 0 aliphatic carbocycles. The minimum Gasteiger partial charge on any atom is -0.430 e. The lowest BCUT2D eigenvalue weighted by molar-refractivity contribution is -0.0940. The topological polar surface area (TPSA) is 155 Å². The van der Waals surface area contributed by atoms with Crippen molar-refractivity contribution in [1.82, 2.24) is 0 Å². The maximum absolute atomic E-state index is 11.2. The first-order valence-electron chi connectivity index (χ1n) is 12.9. The van der Waals surface area contributed by atoms with Gasteiger partial charge in [-0.1, -0.05) is 0 Å². The summed E-state index contributed by atoms with van der Waals surface area (Å²) < 4.78 is 47.5. The van der Waals surface area contributed by atoms with Crippen LogP contribution in [0, 0.1) is 5.92 Å². The zero-order valence-electron chi connectivity index (χ0n) is 22.5. The van der Waals surface area contributed by atoms with Crippen LogP contribution in [0.25, 0.3) is 0 Å². The summed E-state index contributed by atoms with van der Waals surface area (Å²) in [5.74, 6) is -0.0514. The van der Waals surface area contributed by atoms with Crippen LogP contribution in [0.3, 0.4) is 0 Å². The molecule has 218 valence electrons. The van der Waals surface area contributed by atoms with Crippen LogP contribution in [-0.2, 0) is 42.6 Å². The number of rotatable bonds is 17. The van der Waals surface area contributed by atoms with Crippen LogP contribution < -0.4 is 0 Å². The molecule has 3 saturated heterocycles. The molecule has 5 unspecified atom stereocenters. The molecule has 3 heterocycles. The second-order valence-corrected chi connectivity index (χ2v) is 11.1. The van der Waals surface area contributed by atoms with Crippen LogP contribution in [0.1, 0.15) is 53.4 Å². The van der Waals surface area contributed by atoms with Crippen LogP contribution in [0.4, 0.5) is 14.4 Å². The lowest BCUT2D eigenvalue weighted by atomic mass is 9.99. The van der Waals surface area contributed by atoms with Gasteiger partial charge in [-0.05, 0) is 40.5 Å². The normalized spacial score (nSPS) is 25.2. The third kappa shape index (κ3) is 10.8. The number of hydrogen-bond acceptors (Lipinski definition) is 13. The van der Waals surface area contributed by atoms with E-state index in [-0.39, 0.29) is 51.2 Å². The lowest BCUT2D eigenvalue weighted by Crippen LogP contribution is -2.36. The van der Waals surface area contributed by atoms with Crippen LogP contribution >= 0.6 is 0 Å². The molecule has 0 bridgehead atoms. The van der Waals surface area contributed by atoms with Gasteiger partial charge in [-0.3, -0.25) is 0 Å². The number of carbonyl (C=O) groups excluding carboxylic acids is 3. The second kappa shape index (κ2) is 13.6. The van der Waals surface area contributed by atoms with Gasteiger partial charge in [0.1, 0.15) is 32.0 Å². The summed E-state index contributed by atoms with van der Waals surface area (Å²) in [6.07, 6.45) is -1.97. The van der Waals surface area contributed by atoms with E-state index in [0.29, 0.717) is 38.9 Å². The molecule has 3 aliphatic rings. The summed E-state index contributed by atoms with van der Waals surface area (Å²) in [7, 11) is 0. The first-order chi connectivity index (χ1) is 17.9. The molecule has 0 aromatic heterocycles. The molecule has 0 saturated carbocycles. The van der Waals surface area contributed by atoms with E-state index in [2.05, 4.69) is 0 Å². The number of cyclic esters (lactones) is 6. The average molecular weight is 549 g/mol. The van der Waals surface area contributed by atoms with Gasteiger partial charge in [0, 0.05) is 18.8 Å². The maximum atomic E-state index is 11.2. The molecule has 0 radical (unpaired) electrons. The Balaban J connectivity index is 1.41. The SMILES string of the molecule is CC(C)(CC(O)COCC(CCC1COC(=O)O1)COC(C)(C)CC1COC(=O)O1)OCC1COC(=O)O1. The fourth-order valence-corrected chi connectivity index (χ4v) is 4.38. The Hall–Kier alpha value is -2.35. The molecule has 0 aromatic rings. The van der Waals surface area contributed by atoms with Crippen molar-refractivity contribution >= 4 is 18.5 Å². The fourth-order valence-electron chi connectivity index (χ4n) is 4.38. The van der Waals surface area contributed by atoms with E-state index in [1.54, 1.807) is 0 Å². The summed E-state index contributed by atoms with van der Waals surface area (Å²) in [4.78, 5) is 33.5. The van der Waals surface area contributed by atoms with Gasteiger partial charge in [-0.15, -0.1) is 0 Å².